The molecule has 0 amide bonds. The Balaban J connectivity index is 1.97. The standard InChI is InChI=1S/C15H19N3O/c1-11-2-3-14-13(10-19)17-15(18(14)9-11)8-12-4-6-16-7-5-12/h2-3,9-10,12,16H,4-8H2,1H3. The van der Waals surface area contributed by atoms with E-state index in [2.05, 4.69) is 27.8 Å². The van der Waals surface area contributed by atoms with Crippen molar-refractivity contribution in [2.75, 3.05) is 13.1 Å². The minimum atomic E-state index is 0.559. The third-order valence-corrected chi connectivity index (χ3v) is 3.93. The van der Waals surface area contributed by atoms with Crippen LogP contribution in [0.3, 0.4) is 0 Å². The van der Waals surface area contributed by atoms with Gasteiger partial charge in [-0.25, -0.2) is 4.98 Å². The first kappa shape index (κ1) is 12.4. The highest BCUT2D eigenvalue weighted by Gasteiger charge is 2.18. The summed E-state index contributed by atoms with van der Waals surface area (Å²) in [6.07, 6.45) is 6.27. The van der Waals surface area contributed by atoms with Gasteiger partial charge in [-0.3, -0.25) is 4.79 Å². The number of aromatic nitrogens is 2. The highest BCUT2D eigenvalue weighted by atomic mass is 16.1. The number of piperidine rings is 1. The SMILES string of the molecule is Cc1ccc2c(C=O)nc(CC3CCNCC3)n2c1. The summed E-state index contributed by atoms with van der Waals surface area (Å²) in [6.45, 7) is 4.25. The van der Waals surface area contributed by atoms with E-state index in [1.807, 2.05) is 12.1 Å². The lowest BCUT2D eigenvalue weighted by molar-refractivity contribution is 0.112. The van der Waals surface area contributed by atoms with E-state index in [9.17, 15) is 4.79 Å². The van der Waals surface area contributed by atoms with Gasteiger partial charge in [0.25, 0.3) is 0 Å². The molecule has 1 N–H and O–H groups in total. The summed E-state index contributed by atoms with van der Waals surface area (Å²) in [6, 6.07) is 4.01. The van der Waals surface area contributed by atoms with Crippen LogP contribution in [0.2, 0.25) is 0 Å². The first-order valence-corrected chi connectivity index (χ1v) is 6.91. The van der Waals surface area contributed by atoms with Crippen LogP contribution in [0.15, 0.2) is 18.3 Å². The van der Waals surface area contributed by atoms with Crippen molar-refractivity contribution in [1.29, 1.82) is 0 Å². The van der Waals surface area contributed by atoms with Gasteiger partial charge >= 0.3 is 0 Å². The largest absolute Gasteiger partial charge is 0.317 e. The molecule has 1 fully saturated rings. The molecular weight excluding hydrogens is 238 g/mol. The first-order chi connectivity index (χ1) is 9.28. The summed E-state index contributed by atoms with van der Waals surface area (Å²) in [5.41, 5.74) is 2.67. The third-order valence-electron chi connectivity index (χ3n) is 3.93. The minimum absolute atomic E-state index is 0.559. The summed E-state index contributed by atoms with van der Waals surface area (Å²) in [7, 11) is 0. The van der Waals surface area contributed by atoms with Crippen molar-refractivity contribution in [3.63, 3.8) is 0 Å². The van der Waals surface area contributed by atoms with E-state index in [0.717, 1.165) is 37.1 Å². The van der Waals surface area contributed by atoms with Gasteiger partial charge in [-0.15, -0.1) is 0 Å². The van der Waals surface area contributed by atoms with Crippen LogP contribution in [0.5, 0.6) is 0 Å². The summed E-state index contributed by atoms with van der Waals surface area (Å²) in [4.78, 5) is 15.6. The molecule has 1 aliphatic rings. The van der Waals surface area contributed by atoms with Gasteiger partial charge in [-0.1, -0.05) is 6.07 Å². The van der Waals surface area contributed by atoms with Crippen LogP contribution >= 0.6 is 0 Å². The summed E-state index contributed by atoms with van der Waals surface area (Å²) < 4.78 is 2.08. The second-order valence-electron chi connectivity index (χ2n) is 5.39. The van der Waals surface area contributed by atoms with E-state index in [1.165, 1.54) is 18.4 Å². The maximum atomic E-state index is 11.1. The molecule has 4 nitrogen and oxygen atoms in total. The second-order valence-corrected chi connectivity index (χ2v) is 5.39. The average molecular weight is 257 g/mol. The fourth-order valence-electron chi connectivity index (χ4n) is 2.85. The van der Waals surface area contributed by atoms with E-state index in [0.29, 0.717) is 11.6 Å². The number of imidazole rings is 1. The van der Waals surface area contributed by atoms with Crippen molar-refractivity contribution in [2.45, 2.75) is 26.2 Å². The van der Waals surface area contributed by atoms with Crippen molar-refractivity contribution >= 4 is 11.8 Å². The number of pyridine rings is 1. The van der Waals surface area contributed by atoms with Gasteiger partial charge in [-0.05, 0) is 50.4 Å². The lowest BCUT2D eigenvalue weighted by Crippen LogP contribution is -2.29. The van der Waals surface area contributed by atoms with Gasteiger partial charge in [-0.2, -0.15) is 0 Å². The van der Waals surface area contributed by atoms with Crippen molar-refractivity contribution in [3.8, 4) is 0 Å². The number of rotatable bonds is 3. The molecule has 1 saturated heterocycles. The van der Waals surface area contributed by atoms with E-state index in [1.54, 1.807) is 0 Å². The molecule has 1 aliphatic heterocycles. The minimum Gasteiger partial charge on any atom is -0.317 e. The van der Waals surface area contributed by atoms with Crippen LogP contribution in [-0.2, 0) is 6.42 Å². The Morgan fingerprint density at radius 3 is 2.95 bits per heavy atom. The lowest BCUT2D eigenvalue weighted by Gasteiger charge is -2.21. The predicted molar refractivity (Wildman–Crippen MR) is 74.6 cm³/mol. The Hall–Kier alpha value is -1.68. The summed E-state index contributed by atoms with van der Waals surface area (Å²) >= 11 is 0. The molecule has 4 heteroatoms. The molecule has 0 aromatic carbocycles. The Labute approximate surface area is 112 Å². The fourth-order valence-corrected chi connectivity index (χ4v) is 2.85. The maximum absolute atomic E-state index is 11.1. The van der Waals surface area contributed by atoms with Gasteiger partial charge < -0.3 is 9.72 Å². The van der Waals surface area contributed by atoms with Crippen LogP contribution < -0.4 is 5.32 Å². The maximum Gasteiger partial charge on any atom is 0.170 e. The number of fused-ring (bicyclic) bond motifs is 1. The molecule has 0 atom stereocenters. The van der Waals surface area contributed by atoms with Gasteiger partial charge in [0, 0.05) is 12.6 Å². The quantitative estimate of drug-likeness (QED) is 0.855. The van der Waals surface area contributed by atoms with Crippen LogP contribution in [0.25, 0.3) is 5.52 Å². The molecule has 0 unspecified atom stereocenters. The summed E-state index contributed by atoms with van der Waals surface area (Å²) in [5.74, 6) is 1.69. The summed E-state index contributed by atoms with van der Waals surface area (Å²) in [5, 5.41) is 3.38. The van der Waals surface area contributed by atoms with Gasteiger partial charge in [0.2, 0.25) is 0 Å². The Bertz CT molecular complexity index is 597. The predicted octanol–water partition coefficient (Wildman–Crippen LogP) is 2.00. The number of aryl methyl sites for hydroxylation is 1. The number of nitrogens with one attached hydrogen (secondary N) is 1. The molecule has 0 aliphatic carbocycles. The van der Waals surface area contributed by atoms with E-state index >= 15 is 0 Å². The molecule has 2 aromatic rings. The number of carbonyl (C=O) groups is 1. The van der Waals surface area contributed by atoms with Crippen LogP contribution in [-0.4, -0.2) is 28.8 Å². The Morgan fingerprint density at radius 2 is 2.21 bits per heavy atom. The molecule has 0 spiro atoms. The molecule has 3 rings (SSSR count). The zero-order valence-corrected chi connectivity index (χ0v) is 11.2. The van der Waals surface area contributed by atoms with E-state index in [-0.39, 0.29) is 0 Å². The number of nitrogens with zero attached hydrogens (tertiary/aromatic N) is 2. The Morgan fingerprint density at radius 1 is 1.42 bits per heavy atom. The van der Waals surface area contributed by atoms with Crippen molar-refractivity contribution in [2.24, 2.45) is 5.92 Å². The number of carbonyl (C=O) groups excluding carboxylic acids is 1. The monoisotopic (exact) mass is 257 g/mol. The van der Waals surface area contributed by atoms with Crippen molar-refractivity contribution in [3.05, 3.63) is 35.4 Å². The zero-order valence-electron chi connectivity index (χ0n) is 11.2. The van der Waals surface area contributed by atoms with Gasteiger partial charge in [0.05, 0.1) is 5.52 Å². The van der Waals surface area contributed by atoms with Crippen LogP contribution in [0.4, 0.5) is 0 Å². The lowest BCUT2D eigenvalue weighted by atomic mass is 9.94. The molecule has 0 bridgehead atoms. The first-order valence-electron chi connectivity index (χ1n) is 6.91. The van der Waals surface area contributed by atoms with Crippen LogP contribution in [0, 0.1) is 12.8 Å². The highest BCUT2D eigenvalue weighted by molar-refractivity contribution is 5.83. The number of hydrogen-bond donors (Lipinski definition) is 1. The third kappa shape index (κ3) is 2.40. The van der Waals surface area contributed by atoms with Gasteiger partial charge in [0.1, 0.15) is 11.5 Å². The Kier molecular flexibility index (Phi) is 3.34. The molecule has 0 saturated carbocycles. The molecule has 100 valence electrons. The molecule has 3 heterocycles. The average Bonchev–Trinajstić information content (AvgIpc) is 2.77. The zero-order chi connectivity index (χ0) is 13.2. The fraction of sp³-hybridized carbons (Fsp3) is 0.467. The van der Waals surface area contributed by atoms with E-state index in [4.69, 9.17) is 0 Å². The van der Waals surface area contributed by atoms with Crippen LogP contribution in [0.1, 0.15) is 34.7 Å². The molecule has 2 aromatic heterocycles. The van der Waals surface area contributed by atoms with E-state index < -0.39 is 0 Å². The normalized spacial score (nSPS) is 16.9. The smallest absolute Gasteiger partial charge is 0.170 e. The second kappa shape index (κ2) is 5.13. The van der Waals surface area contributed by atoms with Gasteiger partial charge in [0.15, 0.2) is 6.29 Å². The van der Waals surface area contributed by atoms with Crippen molar-refractivity contribution < 1.29 is 4.79 Å². The number of hydrogen-bond acceptors (Lipinski definition) is 3. The molecule has 19 heavy (non-hydrogen) atoms. The molecule has 0 radical (unpaired) electrons. The van der Waals surface area contributed by atoms with Crippen molar-refractivity contribution in [1.82, 2.24) is 14.7 Å². The molecular formula is C15H19N3O. The number of aldehydes is 1. The topological polar surface area (TPSA) is 46.4 Å². The highest BCUT2D eigenvalue weighted by Crippen LogP contribution is 2.20.